The zero-order valence-electron chi connectivity index (χ0n) is 22.7. The highest BCUT2D eigenvalue weighted by molar-refractivity contribution is 5.94. The number of carbonyl (C=O) groups is 3. The first-order valence-corrected chi connectivity index (χ1v) is 13.2. The number of hydrogen-bond donors (Lipinski definition) is 5. The van der Waals surface area contributed by atoms with Crippen LogP contribution >= 0.6 is 0 Å². The van der Waals surface area contributed by atoms with Crippen molar-refractivity contribution in [2.75, 3.05) is 23.0 Å². The Kier molecular flexibility index (Phi) is 7.73. The number of amides is 2. The molecule has 1 aromatic heterocycles. The Balaban J connectivity index is 1.59. The SMILES string of the molecule is Cc1cc2cc(C)c1CCOC(=O)Nc1cccc(c1)C(CC(=O)O)NC(=O)[C@@H]2Nc1ccc2c(N)nccc2c1. The maximum absolute atomic E-state index is 14.0. The van der Waals surface area contributed by atoms with Crippen LogP contribution in [0.4, 0.5) is 22.0 Å². The molecule has 0 saturated carbocycles. The number of carboxylic acids is 1. The number of benzene rings is 3. The molecular weight excluding hydrogens is 522 g/mol. The van der Waals surface area contributed by atoms with Gasteiger partial charge in [-0.15, -0.1) is 0 Å². The maximum Gasteiger partial charge on any atom is 0.411 e. The molecule has 3 heterocycles. The Morgan fingerprint density at radius 3 is 2.61 bits per heavy atom. The number of nitrogens with one attached hydrogen (secondary N) is 3. The first-order valence-electron chi connectivity index (χ1n) is 13.2. The lowest BCUT2D eigenvalue weighted by atomic mass is 9.93. The van der Waals surface area contributed by atoms with Crippen LogP contribution in [0.2, 0.25) is 0 Å². The molecule has 0 spiro atoms. The summed E-state index contributed by atoms with van der Waals surface area (Å²) >= 11 is 0. The lowest BCUT2D eigenvalue weighted by Crippen LogP contribution is -2.37. The van der Waals surface area contributed by atoms with Crippen LogP contribution in [-0.2, 0) is 20.7 Å². The number of hydrogen-bond acceptors (Lipinski definition) is 7. The molecule has 4 bridgehead atoms. The zero-order chi connectivity index (χ0) is 29.1. The number of fused-ring (bicyclic) bond motifs is 10. The summed E-state index contributed by atoms with van der Waals surface area (Å²) in [5.41, 5.74) is 11.3. The van der Waals surface area contributed by atoms with Gasteiger partial charge in [-0.2, -0.15) is 0 Å². The van der Waals surface area contributed by atoms with Crippen molar-refractivity contribution in [2.45, 2.75) is 38.8 Å². The Labute approximate surface area is 236 Å². The van der Waals surface area contributed by atoms with E-state index in [1.165, 1.54) is 0 Å². The number of nitrogen functional groups attached to an aromatic ring is 1. The highest BCUT2D eigenvalue weighted by Gasteiger charge is 2.27. The van der Waals surface area contributed by atoms with Crippen molar-refractivity contribution in [3.63, 3.8) is 0 Å². The number of nitrogens with two attached hydrogens (primary N) is 1. The molecule has 2 aliphatic heterocycles. The smallest absolute Gasteiger partial charge is 0.411 e. The molecule has 4 aromatic rings. The molecule has 2 amide bonds. The summed E-state index contributed by atoms with van der Waals surface area (Å²) in [6, 6.07) is 16.3. The van der Waals surface area contributed by atoms with Gasteiger partial charge >= 0.3 is 12.1 Å². The van der Waals surface area contributed by atoms with Crippen molar-refractivity contribution in [2.24, 2.45) is 0 Å². The molecule has 0 radical (unpaired) electrons. The van der Waals surface area contributed by atoms with Gasteiger partial charge in [0, 0.05) is 29.4 Å². The number of ether oxygens (including phenoxy) is 1. The fourth-order valence-corrected chi connectivity index (χ4v) is 5.26. The van der Waals surface area contributed by atoms with Crippen molar-refractivity contribution >= 4 is 45.9 Å². The average Bonchev–Trinajstić information content (AvgIpc) is 2.92. The monoisotopic (exact) mass is 553 g/mol. The molecule has 210 valence electrons. The van der Waals surface area contributed by atoms with Crippen LogP contribution in [0.25, 0.3) is 10.8 Å². The second kappa shape index (κ2) is 11.5. The topological polar surface area (TPSA) is 156 Å². The Morgan fingerprint density at radius 1 is 1.07 bits per heavy atom. The van der Waals surface area contributed by atoms with Gasteiger partial charge in [0.2, 0.25) is 5.91 Å². The van der Waals surface area contributed by atoms with E-state index in [1.54, 1.807) is 30.5 Å². The van der Waals surface area contributed by atoms with E-state index in [2.05, 4.69) is 20.9 Å². The van der Waals surface area contributed by atoms with Gasteiger partial charge in [-0.1, -0.05) is 24.3 Å². The molecule has 0 aliphatic carbocycles. The van der Waals surface area contributed by atoms with Crippen LogP contribution in [0.15, 0.2) is 66.9 Å². The van der Waals surface area contributed by atoms with E-state index >= 15 is 0 Å². The third-order valence-electron chi connectivity index (χ3n) is 7.24. The quantitative estimate of drug-likeness (QED) is 0.236. The van der Waals surface area contributed by atoms with Crippen LogP contribution in [0.3, 0.4) is 0 Å². The Hall–Kier alpha value is -5.12. The lowest BCUT2D eigenvalue weighted by molar-refractivity contribution is -0.137. The molecule has 10 heteroatoms. The summed E-state index contributed by atoms with van der Waals surface area (Å²) in [5.74, 6) is -1.07. The zero-order valence-corrected chi connectivity index (χ0v) is 22.7. The Bertz CT molecular complexity index is 1630. The molecule has 6 N–H and O–H groups in total. The number of rotatable bonds is 4. The van der Waals surface area contributed by atoms with Crippen molar-refractivity contribution in [1.29, 1.82) is 0 Å². The summed E-state index contributed by atoms with van der Waals surface area (Å²) in [5, 5.41) is 20.3. The number of aryl methyl sites for hydroxylation is 2. The summed E-state index contributed by atoms with van der Waals surface area (Å²) in [6.45, 7) is 4.08. The molecule has 3 aromatic carbocycles. The van der Waals surface area contributed by atoms with Gasteiger partial charge in [0.1, 0.15) is 11.9 Å². The molecule has 2 atom stereocenters. The van der Waals surface area contributed by atoms with Crippen LogP contribution in [0.1, 0.15) is 46.3 Å². The molecule has 41 heavy (non-hydrogen) atoms. The summed E-state index contributed by atoms with van der Waals surface area (Å²) in [6.07, 6.45) is 1.17. The number of anilines is 3. The second-order valence-electron chi connectivity index (χ2n) is 10.1. The number of nitrogens with zero attached hydrogens (tertiary/aromatic N) is 1. The lowest BCUT2D eigenvalue weighted by Gasteiger charge is -2.26. The van der Waals surface area contributed by atoms with Crippen molar-refractivity contribution < 1.29 is 24.2 Å². The van der Waals surface area contributed by atoms with Gasteiger partial charge in [-0.25, -0.2) is 9.78 Å². The van der Waals surface area contributed by atoms with Gasteiger partial charge in [0.15, 0.2) is 0 Å². The first kappa shape index (κ1) is 27.4. The van der Waals surface area contributed by atoms with E-state index in [0.29, 0.717) is 34.7 Å². The van der Waals surface area contributed by atoms with Gasteiger partial charge < -0.3 is 26.2 Å². The highest BCUT2D eigenvalue weighted by Crippen LogP contribution is 2.30. The van der Waals surface area contributed by atoms with Gasteiger partial charge in [-0.05, 0) is 83.4 Å². The standard InChI is InChI=1S/C31H31N5O5/c1-17-12-21-13-18(2)24(17)9-11-41-31(40)35-22-5-3-4-20(15-22)26(16-27(37)38)36-30(39)28(21)34-23-6-7-25-19(14-23)8-10-33-29(25)32/h3-8,10,12-15,26,28,34H,9,11,16H2,1-2H3,(H2,32,33)(H,35,40)(H,36,39)(H,37,38)/t26?,28-/m1/s1. The molecule has 10 nitrogen and oxygen atoms in total. The second-order valence-corrected chi connectivity index (χ2v) is 10.1. The first-order chi connectivity index (χ1) is 19.7. The molecule has 0 saturated heterocycles. The predicted octanol–water partition coefficient (Wildman–Crippen LogP) is 5.02. The number of pyridine rings is 1. The van der Waals surface area contributed by atoms with E-state index in [4.69, 9.17) is 10.5 Å². The predicted molar refractivity (Wildman–Crippen MR) is 157 cm³/mol. The van der Waals surface area contributed by atoms with Crippen LogP contribution in [0, 0.1) is 13.8 Å². The van der Waals surface area contributed by atoms with E-state index in [1.807, 2.05) is 50.2 Å². The van der Waals surface area contributed by atoms with Crippen molar-refractivity contribution in [1.82, 2.24) is 10.3 Å². The van der Waals surface area contributed by atoms with Crippen LogP contribution in [0.5, 0.6) is 0 Å². The van der Waals surface area contributed by atoms with Gasteiger partial charge in [0.25, 0.3) is 0 Å². The summed E-state index contributed by atoms with van der Waals surface area (Å²) in [7, 11) is 0. The van der Waals surface area contributed by atoms with Crippen molar-refractivity contribution in [3.05, 3.63) is 94.7 Å². The third kappa shape index (κ3) is 6.22. The van der Waals surface area contributed by atoms with Gasteiger partial charge in [0.05, 0.1) is 19.1 Å². The van der Waals surface area contributed by atoms with Crippen molar-refractivity contribution in [3.8, 4) is 0 Å². The largest absolute Gasteiger partial charge is 0.481 e. The van der Waals surface area contributed by atoms with E-state index in [-0.39, 0.29) is 13.0 Å². The normalized spacial score (nSPS) is 17.4. The third-order valence-corrected chi connectivity index (χ3v) is 7.24. The van der Waals surface area contributed by atoms with E-state index in [0.717, 1.165) is 27.5 Å². The van der Waals surface area contributed by atoms with Gasteiger partial charge in [-0.3, -0.25) is 14.9 Å². The molecule has 6 rings (SSSR count). The minimum Gasteiger partial charge on any atom is -0.481 e. The number of carboxylic acid groups (broad SMARTS) is 1. The number of aliphatic carboxylic acids is 1. The molecular formula is C31H31N5O5. The fourth-order valence-electron chi connectivity index (χ4n) is 5.26. The van der Waals surface area contributed by atoms with Crippen LogP contribution in [-0.4, -0.2) is 34.7 Å². The molecule has 2 aliphatic rings. The Morgan fingerprint density at radius 2 is 1.85 bits per heavy atom. The highest BCUT2D eigenvalue weighted by atomic mass is 16.5. The molecule has 0 fully saturated rings. The summed E-state index contributed by atoms with van der Waals surface area (Å²) < 4.78 is 5.42. The summed E-state index contributed by atoms with van der Waals surface area (Å²) in [4.78, 5) is 42.4. The average molecular weight is 554 g/mol. The molecule has 1 unspecified atom stereocenters. The van der Waals surface area contributed by atoms with E-state index in [9.17, 15) is 19.5 Å². The number of aromatic nitrogens is 1. The minimum atomic E-state index is -1.08. The minimum absolute atomic E-state index is 0.172. The number of carbonyl (C=O) groups excluding carboxylic acids is 2. The van der Waals surface area contributed by atoms with E-state index < -0.39 is 30.1 Å². The van der Waals surface area contributed by atoms with Crippen LogP contribution < -0.4 is 21.7 Å². The maximum atomic E-state index is 14.0. The fraction of sp³-hybridized carbons (Fsp3) is 0.226.